The van der Waals surface area contributed by atoms with Crippen molar-refractivity contribution < 1.29 is 0 Å². The fourth-order valence-corrected chi connectivity index (χ4v) is 5.58. The number of aromatic nitrogens is 3. The van der Waals surface area contributed by atoms with Gasteiger partial charge < -0.3 is 0 Å². The maximum atomic E-state index is 9.31. The minimum atomic E-state index is -0.0488. The van der Waals surface area contributed by atoms with E-state index in [2.05, 4.69) is 144 Å². The van der Waals surface area contributed by atoms with E-state index < -0.39 is 0 Å². The molecular weight excluding hydrogens is 585 g/mol. The van der Waals surface area contributed by atoms with Gasteiger partial charge in [0, 0.05) is 16.7 Å². The number of rotatable bonds is 4. The SMILES string of the molecule is CC(C)(C)c1cc(-c2nc(-c3cccc(-c4ccc(C#N)cc4)c3)nc(-c3cc(C(C)(C)C)cc(C(C)(C)C)c3)n2)cc(C(C)(C)C)c1. The summed E-state index contributed by atoms with van der Waals surface area (Å²) in [6.07, 6.45) is 0. The van der Waals surface area contributed by atoms with Gasteiger partial charge in [0.1, 0.15) is 0 Å². The standard InChI is InChI=1S/C44H50N4/c1-41(2,3)34-21-32(22-35(25-34)42(4,5)6)39-46-38(31-15-13-14-30(20-31)29-18-16-28(27-45)17-19-29)47-40(48-39)33-23-36(43(7,8)9)26-37(24-33)44(10,11)12/h13-26H,1-12H3. The van der Waals surface area contributed by atoms with Crippen LogP contribution in [0.4, 0.5) is 0 Å². The first kappa shape index (κ1) is 34.7. The first-order valence-electron chi connectivity index (χ1n) is 16.9. The predicted octanol–water partition coefficient (Wildman–Crippen LogP) is 11.6. The van der Waals surface area contributed by atoms with Crippen LogP contribution in [0.3, 0.4) is 0 Å². The summed E-state index contributed by atoms with van der Waals surface area (Å²) >= 11 is 0. The lowest BCUT2D eigenvalue weighted by molar-refractivity contribution is 0.568. The van der Waals surface area contributed by atoms with E-state index in [1.165, 1.54) is 22.3 Å². The molecule has 0 N–H and O–H groups in total. The smallest absolute Gasteiger partial charge is 0.164 e. The maximum absolute atomic E-state index is 9.31. The van der Waals surface area contributed by atoms with E-state index in [1.54, 1.807) is 0 Å². The molecule has 4 heteroatoms. The highest BCUT2D eigenvalue weighted by atomic mass is 15.0. The molecule has 0 aliphatic rings. The van der Waals surface area contributed by atoms with Gasteiger partial charge in [0.15, 0.2) is 17.5 Å². The van der Waals surface area contributed by atoms with Gasteiger partial charge in [0.25, 0.3) is 0 Å². The van der Waals surface area contributed by atoms with E-state index in [1.807, 2.05) is 30.3 Å². The molecule has 0 radical (unpaired) electrons. The van der Waals surface area contributed by atoms with Crippen LogP contribution in [0.15, 0.2) is 84.9 Å². The zero-order valence-electron chi connectivity index (χ0n) is 30.9. The molecule has 246 valence electrons. The van der Waals surface area contributed by atoms with Crippen molar-refractivity contribution in [2.75, 3.05) is 0 Å². The van der Waals surface area contributed by atoms with Crippen molar-refractivity contribution in [2.24, 2.45) is 0 Å². The highest BCUT2D eigenvalue weighted by Crippen LogP contribution is 2.37. The molecule has 4 aromatic carbocycles. The largest absolute Gasteiger partial charge is 0.208 e. The zero-order valence-corrected chi connectivity index (χ0v) is 30.9. The minimum Gasteiger partial charge on any atom is -0.208 e. The molecule has 0 saturated heterocycles. The molecule has 0 aliphatic carbocycles. The third kappa shape index (κ3) is 7.74. The van der Waals surface area contributed by atoms with Gasteiger partial charge in [0.2, 0.25) is 0 Å². The molecular formula is C44H50N4. The summed E-state index contributed by atoms with van der Waals surface area (Å²) in [6.45, 7) is 27.0. The van der Waals surface area contributed by atoms with Crippen LogP contribution in [-0.2, 0) is 21.7 Å². The Morgan fingerprint density at radius 3 is 1.10 bits per heavy atom. The fourth-order valence-electron chi connectivity index (χ4n) is 5.58. The molecule has 0 spiro atoms. The Bertz CT molecular complexity index is 1840. The van der Waals surface area contributed by atoms with E-state index in [4.69, 9.17) is 15.0 Å². The number of hydrogen-bond acceptors (Lipinski definition) is 4. The predicted molar refractivity (Wildman–Crippen MR) is 201 cm³/mol. The van der Waals surface area contributed by atoms with Crippen LogP contribution >= 0.6 is 0 Å². The summed E-state index contributed by atoms with van der Waals surface area (Å²) in [5.74, 6) is 1.95. The highest BCUT2D eigenvalue weighted by Gasteiger charge is 2.25. The van der Waals surface area contributed by atoms with Crippen LogP contribution < -0.4 is 0 Å². The third-order valence-corrected chi connectivity index (χ3v) is 8.95. The van der Waals surface area contributed by atoms with E-state index >= 15 is 0 Å². The molecule has 48 heavy (non-hydrogen) atoms. The second kappa shape index (κ2) is 12.4. The van der Waals surface area contributed by atoms with Crippen LogP contribution in [0.5, 0.6) is 0 Å². The molecule has 0 amide bonds. The van der Waals surface area contributed by atoms with Gasteiger partial charge in [-0.2, -0.15) is 5.26 Å². The zero-order chi connectivity index (χ0) is 35.2. The minimum absolute atomic E-state index is 0.0488. The van der Waals surface area contributed by atoms with Gasteiger partial charge in [-0.15, -0.1) is 0 Å². The average Bonchev–Trinajstić information content (AvgIpc) is 3.02. The summed E-state index contributed by atoms with van der Waals surface area (Å²) < 4.78 is 0. The van der Waals surface area contributed by atoms with Crippen molar-refractivity contribution in [1.82, 2.24) is 15.0 Å². The van der Waals surface area contributed by atoms with Crippen LogP contribution in [0.25, 0.3) is 45.3 Å². The Hall–Kier alpha value is -4.62. The molecule has 1 heterocycles. The van der Waals surface area contributed by atoms with Crippen molar-refractivity contribution in [3.63, 3.8) is 0 Å². The van der Waals surface area contributed by atoms with Gasteiger partial charge in [-0.25, -0.2) is 15.0 Å². The molecule has 5 aromatic rings. The summed E-state index contributed by atoms with van der Waals surface area (Å²) in [5, 5.41) is 9.31. The van der Waals surface area contributed by atoms with Crippen molar-refractivity contribution >= 4 is 0 Å². The fraction of sp³-hybridized carbons (Fsp3) is 0.364. The summed E-state index contributed by atoms with van der Waals surface area (Å²) in [5.41, 5.74) is 10.4. The first-order valence-corrected chi connectivity index (χ1v) is 16.9. The first-order chi connectivity index (χ1) is 22.2. The molecule has 0 bridgehead atoms. The van der Waals surface area contributed by atoms with Crippen molar-refractivity contribution in [3.05, 3.63) is 113 Å². The molecule has 0 unspecified atom stereocenters. The van der Waals surface area contributed by atoms with Crippen LogP contribution in [0, 0.1) is 11.3 Å². The summed E-state index contributed by atoms with van der Waals surface area (Å²) in [6, 6.07) is 31.9. The van der Waals surface area contributed by atoms with Crippen LogP contribution in [0.2, 0.25) is 0 Å². The summed E-state index contributed by atoms with van der Waals surface area (Å²) in [7, 11) is 0. The normalized spacial score (nSPS) is 12.6. The van der Waals surface area contributed by atoms with E-state index in [0.29, 0.717) is 23.0 Å². The molecule has 5 rings (SSSR count). The average molecular weight is 635 g/mol. The Kier molecular flexibility index (Phi) is 8.99. The van der Waals surface area contributed by atoms with E-state index in [-0.39, 0.29) is 21.7 Å². The molecule has 0 aliphatic heterocycles. The van der Waals surface area contributed by atoms with Gasteiger partial charge in [-0.05, 0) is 97.5 Å². The number of benzene rings is 4. The monoisotopic (exact) mass is 634 g/mol. The second-order valence-electron chi connectivity index (χ2n) is 17.2. The Morgan fingerprint density at radius 1 is 0.396 bits per heavy atom. The number of nitrogens with zero attached hydrogens (tertiary/aromatic N) is 4. The van der Waals surface area contributed by atoms with Gasteiger partial charge in [0.05, 0.1) is 11.6 Å². The molecule has 0 atom stereocenters. The van der Waals surface area contributed by atoms with Crippen molar-refractivity contribution in [3.8, 4) is 51.4 Å². The highest BCUT2D eigenvalue weighted by molar-refractivity contribution is 5.73. The number of nitriles is 1. The lowest BCUT2D eigenvalue weighted by atomic mass is 9.79. The lowest BCUT2D eigenvalue weighted by Crippen LogP contribution is -2.17. The number of hydrogen-bond donors (Lipinski definition) is 0. The third-order valence-electron chi connectivity index (χ3n) is 8.95. The lowest BCUT2D eigenvalue weighted by Gasteiger charge is -2.26. The Balaban J connectivity index is 1.80. The van der Waals surface area contributed by atoms with Crippen LogP contribution in [0.1, 0.15) is 111 Å². The van der Waals surface area contributed by atoms with E-state index in [0.717, 1.165) is 27.8 Å². The van der Waals surface area contributed by atoms with E-state index in [9.17, 15) is 5.26 Å². The van der Waals surface area contributed by atoms with Crippen molar-refractivity contribution in [1.29, 1.82) is 5.26 Å². The van der Waals surface area contributed by atoms with Crippen molar-refractivity contribution in [2.45, 2.75) is 105 Å². The topological polar surface area (TPSA) is 62.5 Å². The maximum Gasteiger partial charge on any atom is 0.164 e. The van der Waals surface area contributed by atoms with Crippen LogP contribution in [-0.4, -0.2) is 15.0 Å². The molecule has 1 aromatic heterocycles. The molecule has 0 fully saturated rings. The van der Waals surface area contributed by atoms with Gasteiger partial charge in [-0.1, -0.05) is 126 Å². The van der Waals surface area contributed by atoms with Gasteiger partial charge >= 0.3 is 0 Å². The summed E-state index contributed by atoms with van der Waals surface area (Å²) in [4.78, 5) is 15.6. The molecule has 4 nitrogen and oxygen atoms in total. The molecule has 0 saturated carbocycles. The quantitative estimate of drug-likeness (QED) is 0.197. The van der Waals surface area contributed by atoms with Gasteiger partial charge in [-0.3, -0.25) is 0 Å². The second-order valence-corrected chi connectivity index (χ2v) is 17.2. The Labute approximate surface area is 288 Å². The Morgan fingerprint density at radius 2 is 0.750 bits per heavy atom.